The van der Waals surface area contributed by atoms with Gasteiger partial charge in [0, 0.05) is 11.6 Å². The van der Waals surface area contributed by atoms with Gasteiger partial charge in [0.1, 0.15) is 11.5 Å². The first kappa shape index (κ1) is 10.4. The molecule has 0 bridgehead atoms. The van der Waals surface area contributed by atoms with E-state index in [9.17, 15) is 0 Å². The summed E-state index contributed by atoms with van der Waals surface area (Å²) in [4.78, 5) is 0. The molecule has 0 aliphatic carbocycles. The Morgan fingerprint density at radius 3 is 2.50 bits per heavy atom. The molecule has 0 saturated carbocycles. The Morgan fingerprint density at radius 2 is 2.00 bits per heavy atom. The maximum Gasteiger partial charge on any atom is 0.131 e. The quantitative estimate of drug-likeness (QED) is 0.455. The van der Waals surface area contributed by atoms with E-state index in [-0.39, 0.29) is 0 Å². The fourth-order valence-corrected chi connectivity index (χ4v) is 1.15. The number of methoxy groups -OCH3 is 2. The van der Waals surface area contributed by atoms with E-state index in [1.807, 2.05) is 0 Å². The number of hydrogen-bond donors (Lipinski definition) is 1. The van der Waals surface area contributed by atoms with Crippen molar-refractivity contribution in [2.75, 3.05) is 14.2 Å². The van der Waals surface area contributed by atoms with Gasteiger partial charge >= 0.3 is 0 Å². The van der Waals surface area contributed by atoms with E-state index < -0.39 is 0 Å². The highest BCUT2D eigenvalue weighted by Gasteiger charge is 2.07. The summed E-state index contributed by atoms with van der Waals surface area (Å²) in [6, 6.07) is 5.31. The molecule has 0 aliphatic heterocycles. The molecule has 0 amide bonds. The van der Waals surface area contributed by atoms with Gasteiger partial charge in [-0.3, -0.25) is 0 Å². The van der Waals surface area contributed by atoms with Crippen LogP contribution < -0.4 is 9.47 Å². The van der Waals surface area contributed by atoms with Crippen LogP contribution in [0, 0.1) is 0 Å². The molecule has 0 spiro atoms. The Morgan fingerprint density at radius 1 is 1.29 bits per heavy atom. The number of benzene rings is 1. The monoisotopic (exact) mass is 195 g/mol. The van der Waals surface area contributed by atoms with Crippen molar-refractivity contribution in [3.63, 3.8) is 0 Å². The first-order valence-corrected chi connectivity index (χ1v) is 4.14. The molecule has 0 aromatic heterocycles. The normalized spacial score (nSPS) is 11.2. The van der Waals surface area contributed by atoms with Crippen LogP contribution in [0.15, 0.2) is 23.4 Å². The highest BCUT2D eigenvalue weighted by atomic mass is 16.5. The van der Waals surface area contributed by atoms with Gasteiger partial charge < -0.3 is 14.7 Å². The molecule has 1 N–H and O–H groups in total. The van der Waals surface area contributed by atoms with Crippen LogP contribution in [0.4, 0.5) is 0 Å². The van der Waals surface area contributed by atoms with Gasteiger partial charge in [0.2, 0.25) is 0 Å². The fourth-order valence-electron chi connectivity index (χ4n) is 1.15. The summed E-state index contributed by atoms with van der Waals surface area (Å²) >= 11 is 0. The van der Waals surface area contributed by atoms with E-state index in [4.69, 9.17) is 14.7 Å². The van der Waals surface area contributed by atoms with Crippen molar-refractivity contribution in [2.45, 2.75) is 6.92 Å². The molecule has 76 valence electrons. The lowest BCUT2D eigenvalue weighted by Gasteiger charge is -2.08. The van der Waals surface area contributed by atoms with E-state index in [1.54, 1.807) is 39.3 Å². The lowest BCUT2D eigenvalue weighted by Crippen LogP contribution is -1.99. The maximum absolute atomic E-state index is 8.64. The minimum atomic E-state index is 0.504. The van der Waals surface area contributed by atoms with Crippen molar-refractivity contribution in [1.82, 2.24) is 0 Å². The topological polar surface area (TPSA) is 51.0 Å². The Bertz CT molecular complexity index is 347. The Hall–Kier alpha value is -1.71. The number of rotatable bonds is 3. The summed E-state index contributed by atoms with van der Waals surface area (Å²) < 4.78 is 10.2. The van der Waals surface area contributed by atoms with Crippen molar-refractivity contribution in [3.8, 4) is 11.5 Å². The molecule has 0 radical (unpaired) electrons. The van der Waals surface area contributed by atoms with Gasteiger partial charge in [-0.25, -0.2) is 0 Å². The molecule has 1 aromatic carbocycles. The van der Waals surface area contributed by atoms with Gasteiger partial charge in [-0.15, -0.1) is 0 Å². The SMILES string of the molecule is COc1ccc(C(C)=NO)c(OC)c1. The standard InChI is InChI=1S/C10H13NO3/c1-7(11-12)9-5-4-8(13-2)6-10(9)14-3/h4-6,12H,1-3H3. The van der Waals surface area contributed by atoms with Gasteiger partial charge in [0.25, 0.3) is 0 Å². The summed E-state index contributed by atoms with van der Waals surface area (Å²) in [5.74, 6) is 1.33. The first-order valence-electron chi connectivity index (χ1n) is 4.14. The van der Waals surface area contributed by atoms with Crippen molar-refractivity contribution < 1.29 is 14.7 Å². The van der Waals surface area contributed by atoms with Gasteiger partial charge in [-0.05, 0) is 19.1 Å². The second-order valence-corrected chi connectivity index (χ2v) is 2.75. The summed E-state index contributed by atoms with van der Waals surface area (Å²) in [6.07, 6.45) is 0. The van der Waals surface area contributed by atoms with Crippen molar-refractivity contribution in [2.24, 2.45) is 5.16 Å². The minimum absolute atomic E-state index is 0.504. The summed E-state index contributed by atoms with van der Waals surface area (Å²) in [7, 11) is 3.14. The van der Waals surface area contributed by atoms with Gasteiger partial charge in [-0.2, -0.15) is 0 Å². The first-order chi connectivity index (χ1) is 6.72. The van der Waals surface area contributed by atoms with E-state index in [0.29, 0.717) is 17.2 Å². The van der Waals surface area contributed by atoms with Crippen molar-refractivity contribution >= 4 is 5.71 Å². The van der Waals surface area contributed by atoms with Crippen LogP contribution in [0.1, 0.15) is 12.5 Å². The largest absolute Gasteiger partial charge is 0.497 e. The minimum Gasteiger partial charge on any atom is -0.497 e. The molecule has 0 atom stereocenters. The van der Waals surface area contributed by atoms with E-state index in [0.717, 1.165) is 5.56 Å². The Balaban J connectivity index is 3.18. The molecule has 0 aliphatic rings. The Kier molecular flexibility index (Phi) is 3.34. The highest BCUT2D eigenvalue weighted by Crippen LogP contribution is 2.24. The zero-order valence-corrected chi connectivity index (χ0v) is 8.44. The van der Waals surface area contributed by atoms with Crippen molar-refractivity contribution in [3.05, 3.63) is 23.8 Å². The molecule has 4 heteroatoms. The fraction of sp³-hybridized carbons (Fsp3) is 0.300. The molecule has 0 fully saturated rings. The average molecular weight is 195 g/mol. The molecule has 1 rings (SSSR count). The Labute approximate surface area is 82.8 Å². The molecular weight excluding hydrogens is 182 g/mol. The van der Waals surface area contributed by atoms with Crippen LogP contribution in [0.2, 0.25) is 0 Å². The van der Waals surface area contributed by atoms with Crippen LogP contribution in [0.25, 0.3) is 0 Å². The number of nitrogens with zero attached hydrogens (tertiary/aromatic N) is 1. The molecule has 1 aromatic rings. The number of hydrogen-bond acceptors (Lipinski definition) is 4. The predicted octanol–water partition coefficient (Wildman–Crippen LogP) is 1.90. The molecule has 4 nitrogen and oxygen atoms in total. The lowest BCUT2D eigenvalue weighted by atomic mass is 10.1. The van der Waals surface area contributed by atoms with Gasteiger partial charge in [0.05, 0.1) is 19.9 Å². The summed E-state index contributed by atoms with van der Waals surface area (Å²) in [5.41, 5.74) is 1.25. The van der Waals surface area contributed by atoms with Crippen LogP contribution in [0.5, 0.6) is 11.5 Å². The predicted molar refractivity (Wildman–Crippen MR) is 53.5 cm³/mol. The second-order valence-electron chi connectivity index (χ2n) is 2.75. The van der Waals surface area contributed by atoms with Crippen molar-refractivity contribution in [1.29, 1.82) is 0 Å². The zero-order valence-electron chi connectivity index (χ0n) is 8.44. The third kappa shape index (κ3) is 1.96. The van der Waals surface area contributed by atoms with Crippen LogP contribution in [0.3, 0.4) is 0 Å². The van der Waals surface area contributed by atoms with Gasteiger partial charge in [0.15, 0.2) is 0 Å². The number of oxime groups is 1. The number of ether oxygens (including phenoxy) is 2. The molecule has 14 heavy (non-hydrogen) atoms. The van der Waals surface area contributed by atoms with Crippen LogP contribution in [-0.4, -0.2) is 25.1 Å². The molecule has 0 heterocycles. The average Bonchev–Trinajstić information content (AvgIpc) is 2.27. The maximum atomic E-state index is 8.64. The smallest absolute Gasteiger partial charge is 0.131 e. The highest BCUT2D eigenvalue weighted by molar-refractivity contribution is 6.00. The third-order valence-corrected chi connectivity index (χ3v) is 1.95. The second kappa shape index (κ2) is 4.50. The van der Waals surface area contributed by atoms with E-state index >= 15 is 0 Å². The van der Waals surface area contributed by atoms with E-state index in [2.05, 4.69) is 5.16 Å². The summed E-state index contributed by atoms with van der Waals surface area (Å²) in [5, 5.41) is 11.8. The lowest BCUT2D eigenvalue weighted by molar-refractivity contribution is 0.318. The molecular formula is C10H13NO3. The zero-order chi connectivity index (χ0) is 10.6. The van der Waals surface area contributed by atoms with Gasteiger partial charge in [-0.1, -0.05) is 5.16 Å². The molecule has 0 unspecified atom stereocenters. The molecule has 0 saturated heterocycles. The van der Waals surface area contributed by atoms with E-state index in [1.165, 1.54) is 0 Å². The third-order valence-electron chi connectivity index (χ3n) is 1.95. The van der Waals surface area contributed by atoms with Crippen LogP contribution >= 0.6 is 0 Å². The summed E-state index contributed by atoms with van der Waals surface area (Å²) in [6.45, 7) is 1.70. The van der Waals surface area contributed by atoms with Crippen LogP contribution in [-0.2, 0) is 0 Å².